The van der Waals surface area contributed by atoms with Crippen molar-refractivity contribution in [3.63, 3.8) is 0 Å². The van der Waals surface area contributed by atoms with Gasteiger partial charge >= 0.3 is 6.09 Å². The first-order valence-corrected chi connectivity index (χ1v) is 8.98. The Morgan fingerprint density at radius 3 is 2.75 bits per heavy atom. The average molecular weight is 355 g/mol. The molecule has 0 unspecified atom stereocenters. The molecule has 0 bridgehead atoms. The van der Waals surface area contributed by atoms with Crippen LogP contribution in [0.4, 0.5) is 10.5 Å². The fourth-order valence-electron chi connectivity index (χ4n) is 2.45. The lowest BCUT2D eigenvalue weighted by molar-refractivity contribution is -0.385. The number of hydrogen-bond donors (Lipinski definition) is 0. The lowest BCUT2D eigenvalue weighted by atomic mass is 10.2. The van der Waals surface area contributed by atoms with Crippen LogP contribution in [0, 0.1) is 10.1 Å². The highest BCUT2D eigenvalue weighted by molar-refractivity contribution is 7.85. The highest BCUT2D eigenvalue weighted by atomic mass is 32.2. The minimum atomic E-state index is -1.44. The van der Waals surface area contributed by atoms with E-state index >= 15 is 0 Å². The van der Waals surface area contributed by atoms with Crippen LogP contribution >= 0.6 is 0 Å². The molecule has 1 fully saturated rings. The van der Waals surface area contributed by atoms with Crippen molar-refractivity contribution in [2.24, 2.45) is 0 Å². The largest absolute Gasteiger partial charge is 0.444 e. The molecule has 0 saturated carbocycles. The van der Waals surface area contributed by atoms with Crippen LogP contribution in [0.5, 0.6) is 0 Å². The van der Waals surface area contributed by atoms with E-state index in [9.17, 15) is 19.1 Å². The summed E-state index contributed by atoms with van der Waals surface area (Å²) < 4.78 is 17.8. The second-order valence-corrected chi connectivity index (χ2v) is 8.04. The Hall–Kier alpha value is -2.03. The van der Waals surface area contributed by atoms with Gasteiger partial charge in [-0.05, 0) is 39.7 Å². The number of hydrogen-bond acceptors (Lipinski definition) is 6. The van der Waals surface area contributed by atoms with Crippen molar-refractivity contribution < 1.29 is 18.7 Å². The van der Waals surface area contributed by atoms with E-state index < -0.39 is 27.4 Å². The third kappa shape index (κ3) is 4.73. The van der Waals surface area contributed by atoms with Crippen molar-refractivity contribution in [1.29, 1.82) is 0 Å². The third-order valence-electron chi connectivity index (χ3n) is 3.51. The summed E-state index contributed by atoms with van der Waals surface area (Å²) in [5.74, 6) is 0.240. The maximum atomic E-state index is 12.4. The summed E-state index contributed by atoms with van der Waals surface area (Å²) in [5.41, 5.74) is -0.726. The predicted octanol–water partition coefficient (Wildman–Crippen LogP) is 2.50. The van der Waals surface area contributed by atoms with E-state index in [0.717, 1.165) is 19.0 Å². The lowest BCUT2D eigenvalue weighted by Gasteiger charge is -2.28. The van der Waals surface area contributed by atoms with Crippen molar-refractivity contribution in [2.45, 2.75) is 50.3 Å². The van der Waals surface area contributed by atoms with Gasteiger partial charge in [0, 0.05) is 18.7 Å². The smallest absolute Gasteiger partial charge is 0.410 e. The first-order chi connectivity index (χ1) is 11.2. The van der Waals surface area contributed by atoms with Gasteiger partial charge in [-0.3, -0.25) is 14.3 Å². The summed E-state index contributed by atoms with van der Waals surface area (Å²) in [6.07, 6.45) is 2.26. The predicted molar refractivity (Wildman–Crippen MR) is 88.1 cm³/mol. The molecule has 8 nitrogen and oxygen atoms in total. The molecule has 0 aromatic carbocycles. The number of amides is 1. The molecule has 0 radical (unpaired) electrons. The molecule has 0 aliphatic carbocycles. The van der Waals surface area contributed by atoms with Gasteiger partial charge in [-0.15, -0.1) is 0 Å². The third-order valence-corrected chi connectivity index (χ3v) is 4.91. The summed E-state index contributed by atoms with van der Waals surface area (Å²) in [7, 11) is -1.44. The molecule has 1 aliphatic heterocycles. The van der Waals surface area contributed by atoms with E-state index in [1.54, 1.807) is 25.7 Å². The summed E-state index contributed by atoms with van der Waals surface area (Å²) in [4.78, 5) is 27.8. The first kappa shape index (κ1) is 18.3. The average Bonchev–Trinajstić information content (AvgIpc) is 2.93. The normalized spacial score (nSPS) is 19.1. The van der Waals surface area contributed by atoms with Crippen LogP contribution in [0.3, 0.4) is 0 Å². The number of nitrogens with zero attached hydrogens (tertiary/aromatic N) is 3. The molecule has 2 rings (SSSR count). The number of pyridine rings is 1. The molecule has 1 aliphatic rings. The zero-order chi connectivity index (χ0) is 17.9. The van der Waals surface area contributed by atoms with Crippen molar-refractivity contribution in [3.05, 3.63) is 28.4 Å². The zero-order valence-electron chi connectivity index (χ0n) is 13.9. The Morgan fingerprint density at radius 1 is 1.50 bits per heavy atom. The molecule has 2 atom stereocenters. The van der Waals surface area contributed by atoms with E-state index in [2.05, 4.69) is 4.98 Å². The molecule has 24 heavy (non-hydrogen) atoms. The molecule has 0 N–H and O–H groups in total. The van der Waals surface area contributed by atoms with Crippen LogP contribution < -0.4 is 0 Å². The van der Waals surface area contributed by atoms with Crippen LogP contribution in [-0.4, -0.2) is 49.0 Å². The highest BCUT2D eigenvalue weighted by Gasteiger charge is 2.33. The van der Waals surface area contributed by atoms with Gasteiger partial charge in [0.2, 0.25) is 0 Å². The van der Waals surface area contributed by atoms with Crippen LogP contribution in [0.1, 0.15) is 33.6 Å². The number of aromatic nitrogens is 1. The standard InChI is InChI=1S/C15H21N3O5S/c1-15(2,3)23-14(19)17-8-4-5-12(17)10-24(22)13-7-6-11(9-16-13)18(20)21/h6-7,9,12H,4-5,8,10H2,1-3H3/t12-,24-/m1/s1. The van der Waals surface area contributed by atoms with E-state index in [0.29, 0.717) is 6.54 Å². The summed E-state index contributed by atoms with van der Waals surface area (Å²) in [6, 6.07) is 2.49. The summed E-state index contributed by atoms with van der Waals surface area (Å²) in [6.45, 7) is 5.98. The number of carbonyl (C=O) groups is 1. The van der Waals surface area contributed by atoms with Gasteiger partial charge in [0.15, 0.2) is 0 Å². The SMILES string of the molecule is CC(C)(C)OC(=O)N1CCC[C@@H]1C[S@@](=O)c1ccc([N+](=O)[O-])cn1. The Labute approximate surface area is 142 Å². The van der Waals surface area contributed by atoms with Crippen LogP contribution in [0.2, 0.25) is 0 Å². The Balaban J connectivity index is 2.02. The number of likely N-dealkylation sites (tertiary alicyclic amines) is 1. The minimum absolute atomic E-state index is 0.146. The second kappa shape index (κ2) is 7.25. The maximum Gasteiger partial charge on any atom is 0.410 e. The van der Waals surface area contributed by atoms with Crippen LogP contribution in [0.15, 0.2) is 23.4 Å². The van der Waals surface area contributed by atoms with E-state index in [1.807, 2.05) is 0 Å². The molecule has 1 aromatic rings. The molecule has 1 saturated heterocycles. The van der Waals surface area contributed by atoms with E-state index in [-0.39, 0.29) is 22.5 Å². The van der Waals surface area contributed by atoms with Gasteiger partial charge < -0.3 is 9.64 Å². The summed E-state index contributed by atoms with van der Waals surface area (Å²) >= 11 is 0. The van der Waals surface area contributed by atoms with Crippen molar-refractivity contribution >= 4 is 22.6 Å². The minimum Gasteiger partial charge on any atom is -0.444 e. The molecule has 2 heterocycles. The topological polar surface area (TPSA) is 103 Å². The lowest BCUT2D eigenvalue weighted by Crippen LogP contribution is -2.42. The van der Waals surface area contributed by atoms with E-state index in [1.165, 1.54) is 12.1 Å². The van der Waals surface area contributed by atoms with Gasteiger partial charge in [0.05, 0.1) is 21.5 Å². The molecule has 1 aromatic heterocycles. The highest BCUT2D eigenvalue weighted by Crippen LogP contribution is 2.23. The quantitative estimate of drug-likeness (QED) is 0.607. The summed E-state index contributed by atoms with van der Waals surface area (Å²) in [5, 5.41) is 10.9. The first-order valence-electron chi connectivity index (χ1n) is 7.66. The Kier molecular flexibility index (Phi) is 5.53. The Morgan fingerprint density at radius 2 is 2.21 bits per heavy atom. The molecule has 1 amide bonds. The molecule has 9 heteroatoms. The van der Waals surface area contributed by atoms with Gasteiger partial charge in [0.1, 0.15) is 16.8 Å². The van der Waals surface area contributed by atoms with Gasteiger partial charge in [-0.2, -0.15) is 0 Å². The second-order valence-electron chi connectivity index (χ2n) is 6.59. The van der Waals surface area contributed by atoms with Crippen molar-refractivity contribution in [1.82, 2.24) is 9.88 Å². The fourth-order valence-corrected chi connectivity index (χ4v) is 3.70. The number of rotatable bonds is 4. The zero-order valence-corrected chi connectivity index (χ0v) is 14.7. The number of carbonyl (C=O) groups excluding carboxylic acids is 1. The maximum absolute atomic E-state index is 12.4. The Bertz CT molecular complexity index is 642. The molecule has 0 spiro atoms. The fraction of sp³-hybridized carbons (Fsp3) is 0.600. The van der Waals surface area contributed by atoms with Crippen molar-refractivity contribution in [3.8, 4) is 0 Å². The number of ether oxygens (including phenoxy) is 1. The monoisotopic (exact) mass is 355 g/mol. The van der Waals surface area contributed by atoms with Gasteiger partial charge in [-0.25, -0.2) is 9.78 Å². The molecular formula is C15H21N3O5S. The van der Waals surface area contributed by atoms with E-state index in [4.69, 9.17) is 4.74 Å². The van der Waals surface area contributed by atoms with Gasteiger partial charge in [0.25, 0.3) is 5.69 Å². The number of nitro groups is 1. The molecular weight excluding hydrogens is 334 g/mol. The molecule has 132 valence electrons. The van der Waals surface area contributed by atoms with Crippen LogP contribution in [0.25, 0.3) is 0 Å². The van der Waals surface area contributed by atoms with Gasteiger partial charge in [-0.1, -0.05) is 0 Å². The van der Waals surface area contributed by atoms with Crippen LogP contribution in [-0.2, 0) is 15.5 Å². The van der Waals surface area contributed by atoms with Crippen molar-refractivity contribution in [2.75, 3.05) is 12.3 Å².